The number of hydrogen-bond acceptors (Lipinski definition) is 2. The molecule has 0 bridgehead atoms. The van der Waals surface area contributed by atoms with Gasteiger partial charge in [-0.25, -0.2) is 0 Å². The summed E-state index contributed by atoms with van der Waals surface area (Å²) in [6.45, 7) is 9.23. The Hall–Kier alpha value is -0.470. The zero-order chi connectivity index (χ0) is 13.9. The van der Waals surface area contributed by atoms with Gasteiger partial charge in [-0.2, -0.15) is 0 Å². The molecule has 0 amide bonds. The van der Waals surface area contributed by atoms with Crippen LogP contribution in [0.2, 0.25) is 0 Å². The monoisotopic (exact) mass is 279 g/mol. The molecule has 1 N–H and O–H groups in total. The normalized spacial score (nSPS) is 12.8. The first-order chi connectivity index (χ1) is 9.22. The summed E-state index contributed by atoms with van der Waals surface area (Å²) in [4.78, 5) is 1.40. The average Bonchev–Trinajstić information content (AvgIpc) is 2.39. The number of hydrogen-bond donors (Lipinski definition) is 1. The standard InChI is InChI=1S/C17H29NS/c1-4-11-18-14-16(13-15(2)3)10-12-19-17-8-6-5-7-9-17/h5-9,15-16,18H,4,10-14H2,1-3H3. The highest BCUT2D eigenvalue weighted by Crippen LogP contribution is 2.22. The molecule has 0 radical (unpaired) electrons. The quantitative estimate of drug-likeness (QED) is 0.486. The lowest BCUT2D eigenvalue weighted by Gasteiger charge is -2.19. The summed E-state index contributed by atoms with van der Waals surface area (Å²) < 4.78 is 0. The number of benzene rings is 1. The van der Waals surface area contributed by atoms with Gasteiger partial charge in [-0.3, -0.25) is 0 Å². The molecule has 1 unspecified atom stereocenters. The van der Waals surface area contributed by atoms with E-state index < -0.39 is 0 Å². The van der Waals surface area contributed by atoms with Gasteiger partial charge >= 0.3 is 0 Å². The van der Waals surface area contributed by atoms with Gasteiger partial charge in [0.1, 0.15) is 0 Å². The van der Waals surface area contributed by atoms with Gasteiger partial charge in [-0.15, -0.1) is 11.8 Å². The number of nitrogens with one attached hydrogen (secondary N) is 1. The van der Waals surface area contributed by atoms with Crippen molar-refractivity contribution in [1.82, 2.24) is 5.32 Å². The summed E-state index contributed by atoms with van der Waals surface area (Å²) in [5.41, 5.74) is 0. The maximum Gasteiger partial charge on any atom is 0.00719 e. The molecule has 0 aliphatic rings. The lowest BCUT2D eigenvalue weighted by Crippen LogP contribution is -2.25. The van der Waals surface area contributed by atoms with E-state index in [-0.39, 0.29) is 0 Å². The van der Waals surface area contributed by atoms with Crippen LogP contribution in [-0.2, 0) is 0 Å². The summed E-state index contributed by atoms with van der Waals surface area (Å²) >= 11 is 1.99. The van der Waals surface area contributed by atoms with E-state index >= 15 is 0 Å². The van der Waals surface area contributed by atoms with Gasteiger partial charge in [0.25, 0.3) is 0 Å². The molecular weight excluding hydrogens is 250 g/mol. The van der Waals surface area contributed by atoms with Gasteiger partial charge in [0.2, 0.25) is 0 Å². The molecule has 1 aromatic carbocycles. The Kier molecular flexibility index (Phi) is 9.02. The second-order valence-electron chi connectivity index (χ2n) is 5.65. The van der Waals surface area contributed by atoms with Crippen LogP contribution in [0.3, 0.4) is 0 Å². The van der Waals surface area contributed by atoms with Crippen LogP contribution in [0.1, 0.15) is 40.0 Å². The molecule has 0 saturated carbocycles. The zero-order valence-electron chi connectivity index (χ0n) is 12.7. The Morgan fingerprint density at radius 3 is 2.53 bits per heavy atom. The Bertz CT molecular complexity index is 310. The topological polar surface area (TPSA) is 12.0 Å². The second kappa shape index (κ2) is 10.3. The van der Waals surface area contributed by atoms with Crippen LogP contribution in [-0.4, -0.2) is 18.8 Å². The molecule has 1 nitrogen and oxygen atoms in total. The van der Waals surface area contributed by atoms with Crippen molar-refractivity contribution in [2.75, 3.05) is 18.8 Å². The smallest absolute Gasteiger partial charge is 0.00719 e. The molecule has 0 saturated heterocycles. The molecule has 0 aliphatic carbocycles. The predicted octanol–water partition coefficient (Wildman–Crippen LogP) is 4.83. The third-order valence-corrected chi connectivity index (χ3v) is 4.25. The van der Waals surface area contributed by atoms with E-state index in [1.165, 1.54) is 36.5 Å². The Morgan fingerprint density at radius 2 is 1.89 bits per heavy atom. The molecule has 108 valence electrons. The van der Waals surface area contributed by atoms with Crippen LogP contribution in [0.25, 0.3) is 0 Å². The third-order valence-electron chi connectivity index (χ3n) is 3.20. The van der Waals surface area contributed by atoms with Crippen molar-refractivity contribution < 1.29 is 0 Å². The zero-order valence-corrected chi connectivity index (χ0v) is 13.5. The fourth-order valence-electron chi connectivity index (χ4n) is 2.31. The summed E-state index contributed by atoms with van der Waals surface area (Å²) in [7, 11) is 0. The molecule has 1 atom stereocenters. The van der Waals surface area contributed by atoms with E-state index in [2.05, 4.69) is 56.4 Å². The van der Waals surface area contributed by atoms with Crippen molar-refractivity contribution in [3.63, 3.8) is 0 Å². The molecule has 0 aromatic heterocycles. The number of rotatable bonds is 10. The van der Waals surface area contributed by atoms with Gasteiger partial charge in [-0.05, 0) is 62.1 Å². The summed E-state index contributed by atoms with van der Waals surface area (Å²) in [5, 5.41) is 3.58. The number of thioether (sulfide) groups is 1. The highest BCUT2D eigenvalue weighted by molar-refractivity contribution is 7.99. The Morgan fingerprint density at radius 1 is 1.16 bits per heavy atom. The van der Waals surface area contributed by atoms with E-state index in [4.69, 9.17) is 0 Å². The van der Waals surface area contributed by atoms with Gasteiger partial charge in [0, 0.05) is 4.90 Å². The van der Waals surface area contributed by atoms with Crippen LogP contribution in [0.15, 0.2) is 35.2 Å². The highest BCUT2D eigenvalue weighted by Gasteiger charge is 2.10. The van der Waals surface area contributed by atoms with Crippen LogP contribution in [0.5, 0.6) is 0 Å². The maximum absolute atomic E-state index is 3.58. The Labute approximate surface area is 123 Å². The maximum atomic E-state index is 3.58. The molecule has 0 fully saturated rings. The molecule has 1 rings (SSSR count). The molecular formula is C17H29NS. The van der Waals surface area contributed by atoms with Crippen molar-refractivity contribution in [3.8, 4) is 0 Å². The molecule has 0 aliphatic heterocycles. The summed E-state index contributed by atoms with van der Waals surface area (Å²) in [5.74, 6) is 2.85. The fraction of sp³-hybridized carbons (Fsp3) is 0.647. The van der Waals surface area contributed by atoms with E-state index in [1.807, 2.05) is 11.8 Å². The van der Waals surface area contributed by atoms with Gasteiger partial charge < -0.3 is 5.32 Å². The van der Waals surface area contributed by atoms with Crippen molar-refractivity contribution in [3.05, 3.63) is 30.3 Å². The largest absolute Gasteiger partial charge is 0.316 e. The van der Waals surface area contributed by atoms with Gasteiger partial charge in [0.15, 0.2) is 0 Å². The third kappa shape index (κ3) is 8.33. The molecule has 2 heteroatoms. The van der Waals surface area contributed by atoms with Crippen molar-refractivity contribution in [2.45, 2.75) is 44.9 Å². The van der Waals surface area contributed by atoms with Crippen molar-refractivity contribution in [1.29, 1.82) is 0 Å². The van der Waals surface area contributed by atoms with Crippen LogP contribution >= 0.6 is 11.8 Å². The van der Waals surface area contributed by atoms with Gasteiger partial charge in [-0.1, -0.05) is 39.0 Å². The lowest BCUT2D eigenvalue weighted by atomic mass is 9.95. The molecule has 0 spiro atoms. The predicted molar refractivity (Wildman–Crippen MR) is 87.9 cm³/mol. The first-order valence-electron chi connectivity index (χ1n) is 7.61. The fourth-order valence-corrected chi connectivity index (χ4v) is 3.35. The van der Waals surface area contributed by atoms with E-state index in [9.17, 15) is 0 Å². The van der Waals surface area contributed by atoms with Crippen molar-refractivity contribution in [2.24, 2.45) is 11.8 Å². The van der Waals surface area contributed by atoms with Gasteiger partial charge in [0.05, 0.1) is 0 Å². The average molecular weight is 279 g/mol. The van der Waals surface area contributed by atoms with Crippen LogP contribution < -0.4 is 5.32 Å². The lowest BCUT2D eigenvalue weighted by molar-refractivity contribution is 0.380. The summed E-state index contributed by atoms with van der Waals surface area (Å²) in [6.07, 6.45) is 3.88. The minimum absolute atomic E-state index is 0.801. The minimum Gasteiger partial charge on any atom is -0.316 e. The molecule has 19 heavy (non-hydrogen) atoms. The van der Waals surface area contributed by atoms with E-state index in [1.54, 1.807) is 0 Å². The first-order valence-corrected chi connectivity index (χ1v) is 8.59. The molecule has 0 heterocycles. The van der Waals surface area contributed by atoms with E-state index in [0.29, 0.717) is 0 Å². The SMILES string of the molecule is CCCNCC(CCSc1ccccc1)CC(C)C. The minimum atomic E-state index is 0.801. The highest BCUT2D eigenvalue weighted by atomic mass is 32.2. The first kappa shape index (κ1) is 16.6. The van der Waals surface area contributed by atoms with Crippen LogP contribution in [0.4, 0.5) is 0 Å². The van der Waals surface area contributed by atoms with E-state index in [0.717, 1.165) is 18.4 Å². The Balaban J connectivity index is 2.27. The van der Waals surface area contributed by atoms with Crippen molar-refractivity contribution >= 4 is 11.8 Å². The second-order valence-corrected chi connectivity index (χ2v) is 6.82. The van der Waals surface area contributed by atoms with Crippen LogP contribution in [0, 0.1) is 11.8 Å². The molecule has 1 aromatic rings. The summed E-state index contributed by atoms with van der Waals surface area (Å²) in [6, 6.07) is 10.7.